The van der Waals surface area contributed by atoms with E-state index in [0.717, 1.165) is 0 Å². The molecule has 0 aliphatic heterocycles. The van der Waals surface area contributed by atoms with Crippen molar-refractivity contribution in [1.82, 2.24) is 5.32 Å². The predicted molar refractivity (Wildman–Crippen MR) is 59.5 cm³/mol. The first-order chi connectivity index (χ1) is 7.33. The molecule has 1 saturated carbocycles. The van der Waals surface area contributed by atoms with Gasteiger partial charge in [0, 0.05) is 19.5 Å². The minimum absolute atomic E-state index is 0.165. The SMILES string of the molecule is NCCOCCNC(=O)CC1CCCC1. The number of hydrogen-bond acceptors (Lipinski definition) is 3. The summed E-state index contributed by atoms with van der Waals surface area (Å²) in [7, 11) is 0. The van der Waals surface area contributed by atoms with Crippen LogP contribution >= 0.6 is 0 Å². The Morgan fingerprint density at radius 1 is 1.33 bits per heavy atom. The molecule has 0 heterocycles. The average molecular weight is 214 g/mol. The maximum absolute atomic E-state index is 11.4. The summed E-state index contributed by atoms with van der Waals surface area (Å²) in [5, 5.41) is 2.86. The molecule has 0 spiro atoms. The molecule has 4 nitrogen and oxygen atoms in total. The number of ether oxygens (including phenoxy) is 1. The van der Waals surface area contributed by atoms with Gasteiger partial charge in [-0.2, -0.15) is 0 Å². The van der Waals surface area contributed by atoms with Gasteiger partial charge in [0.2, 0.25) is 5.91 Å². The molecular formula is C11H22N2O2. The fourth-order valence-electron chi connectivity index (χ4n) is 2.00. The zero-order valence-electron chi connectivity index (χ0n) is 9.34. The van der Waals surface area contributed by atoms with E-state index in [1.165, 1.54) is 25.7 Å². The van der Waals surface area contributed by atoms with Crippen LogP contribution in [0.2, 0.25) is 0 Å². The van der Waals surface area contributed by atoms with Crippen LogP contribution in [0.25, 0.3) is 0 Å². The Balaban J connectivity index is 1.93. The van der Waals surface area contributed by atoms with E-state index in [1.54, 1.807) is 0 Å². The molecule has 1 aliphatic rings. The fourth-order valence-corrected chi connectivity index (χ4v) is 2.00. The molecule has 1 amide bonds. The molecule has 1 rings (SSSR count). The summed E-state index contributed by atoms with van der Waals surface area (Å²) in [6, 6.07) is 0. The normalized spacial score (nSPS) is 16.9. The number of carbonyl (C=O) groups excluding carboxylic acids is 1. The van der Waals surface area contributed by atoms with Crippen LogP contribution in [0.3, 0.4) is 0 Å². The Hall–Kier alpha value is -0.610. The number of nitrogens with two attached hydrogens (primary N) is 1. The Morgan fingerprint density at radius 3 is 2.73 bits per heavy atom. The molecule has 15 heavy (non-hydrogen) atoms. The van der Waals surface area contributed by atoms with Gasteiger partial charge in [0.25, 0.3) is 0 Å². The number of hydrogen-bond donors (Lipinski definition) is 2. The van der Waals surface area contributed by atoms with Crippen LogP contribution in [0, 0.1) is 5.92 Å². The van der Waals surface area contributed by atoms with E-state index in [9.17, 15) is 4.79 Å². The predicted octanol–water partition coefficient (Wildman–Crippen LogP) is 0.658. The van der Waals surface area contributed by atoms with Crippen LogP contribution in [0.15, 0.2) is 0 Å². The van der Waals surface area contributed by atoms with E-state index in [4.69, 9.17) is 10.5 Å². The molecule has 3 N–H and O–H groups in total. The van der Waals surface area contributed by atoms with E-state index in [-0.39, 0.29) is 5.91 Å². The van der Waals surface area contributed by atoms with Gasteiger partial charge in [0.05, 0.1) is 13.2 Å². The summed E-state index contributed by atoms with van der Waals surface area (Å²) in [5.74, 6) is 0.785. The largest absolute Gasteiger partial charge is 0.378 e. The number of nitrogens with one attached hydrogen (secondary N) is 1. The molecule has 0 unspecified atom stereocenters. The lowest BCUT2D eigenvalue weighted by Crippen LogP contribution is -2.29. The van der Waals surface area contributed by atoms with Crippen molar-refractivity contribution in [2.45, 2.75) is 32.1 Å². The van der Waals surface area contributed by atoms with Gasteiger partial charge in [0.15, 0.2) is 0 Å². The molecule has 0 radical (unpaired) electrons. The molecule has 0 atom stereocenters. The maximum atomic E-state index is 11.4. The molecular weight excluding hydrogens is 192 g/mol. The van der Waals surface area contributed by atoms with Gasteiger partial charge < -0.3 is 15.8 Å². The topological polar surface area (TPSA) is 64.3 Å². The van der Waals surface area contributed by atoms with Crippen LogP contribution in [0.4, 0.5) is 0 Å². The van der Waals surface area contributed by atoms with Crippen LogP contribution in [-0.2, 0) is 9.53 Å². The zero-order valence-corrected chi connectivity index (χ0v) is 9.34. The van der Waals surface area contributed by atoms with E-state index in [0.29, 0.717) is 38.6 Å². The molecule has 1 aliphatic carbocycles. The maximum Gasteiger partial charge on any atom is 0.220 e. The first-order valence-corrected chi connectivity index (χ1v) is 5.87. The molecule has 88 valence electrons. The highest BCUT2D eigenvalue weighted by atomic mass is 16.5. The van der Waals surface area contributed by atoms with E-state index in [2.05, 4.69) is 5.32 Å². The van der Waals surface area contributed by atoms with Crippen molar-refractivity contribution in [2.24, 2.45) is 11.7 Å². The van der Waals surface area contributed by atoms with Crippen LogP contribution in [-0.4, -0.2) is 32.2 Å². The van der Waals surface area contributed by atoms with Crippen LogP contribution < -0.4 is 11.1 Å². The van der Waals surface area contributed by atoms with E-state index < -0.39 is 0 Å². The second-order valence-electron chi connectivity index (χ2n) is 4.11. The van der Waals surface area contributed by atoms with Crippen molar-refractivity contribution in [1.29, 1.82) is 0 Å². The van der Waals surface area contributed by atoms with Crippen molar-refractivity contribution in [3.63, 3.8) is 0 Å². The van der Waals surface area contributed by atoms with Gasteiger partial charge in [-0.1, -0.05) is 12.8 Å². The van der Waals surface area contributed by atoms with Gasteiger partial charge in [-0.15, -0.1) is 0 Å². The lowest BCUT2D eigenvalue weighted by Gasteiger charge is -2.09. The molecule has 0 bridgehead atoms. The van der Waals surface area contributed by atoms with Crippen molar-refractivity contribution >= 4 is 5.91 Å². The van der Waals surface area contributed by atoms with Crippen molar-refractivity contribution in [3.05, 3.63) is 0 Å². The molecule has 4 heteroatoms. The van der Waals surface area contributed by atoms with Crippen molar-refractivity contribution in [2.75, 3.05) is 26.3 Å². The molecule has 0 aromatic carbocycles. The number of carbonyl (C=O) groups is 1. The van der Waals surface area contributed by atoms with Crippen molar-refractivity contribution in [3.8, 4) is 0 Å². The minimum atomic E-state index is 0.165. The average Bonchev–Trinajstić information content (AvgIpc) is 2.70. The number of rotatable bonds is 7. The molecule has 0 aromatic heterocycles. The highest BCUT2D eigenvalue weighted by Gasteiger charge is 2.17. The highest BCUT2D eigenvalue weighted by molar-refractivity contribution is 5.76. The summed E-state index contributed by atoms with van der Waals surface area (Å²) < 4.78 is 5.16. The lowest BCUT2D eigenvalue weighted by molar-refractivity contribution is -0.122. The van der Waals surface area contributed by atoms with E-state index in [1.807, 2.05) is 0 Å². The first-order valence-electron chi connectivity index (χ1n) is 5.87. The quantitative estimate of drug-likeness (QED) is 0.612. The van der Waals surface area contributed by atoms with Gasteiger partial charge in [-0.3, -0.25) is 4.79 Å². The molecule has 0 aromatic rings. The summed E-state index contributed by atoms with van der Waals surface area (Å²) in [6.07, 6.45) is 5.71. The fraction of sp³-hybridized carbons (Fsp3) is 0.909. The van der Waals surface area contributed by atoms with Gasteiger partial charge >= 0.3 is 0 Å². The van der Waals surface area contributed by atoms with Crippen molar-refractivity contribution < 1.29 is 9.53 Å². The Labute approximate surface area is 91.5 Å². The smallest absolute Gasteiger partial charge is 0.220 e. The third-order valence-electron chi connectivity index (χ3n) is 2.78. The summed E-state index contributed by atoms with van der Waals surface area (Å²) in [5.41, 5.74) is 5.27. The first kappa shape index (κ1) is 12.5. The molecule has 1 fully saturated rings. The Morgan fingerprint density at radius 2 is 2.07 bits per heavy atom. The second kappa shape index (κ2) is 7.65. The summed E-state index contributed by atoms with van der Waals surface area (Å²) >= 11 is 0. The third-order valence-corrected chi connectivity index (χ3v) is 2.78. The van der Waals surface area contributed by atoms with Crippen LogP contribution in [0.1, 0.15) is 32.1 Å². The summed E-state index contributed by atoms with van der Waals surface area (Å²) in [6.45, 7) is 2.27. The van der Waals surface area contributed by atoms with Crippen LogP contribution in [0.5, 0.6) is 0 Å². The van der Waals surface area contributed by atoms with Gasteiger partial charge in [-0.25, -0.2) is 0 Å². The Kier molecular flexibility index (Phi) is 6.36. The van der Waals surface area contributed by atoms with E-state index >= 15 is 0 Å². The number of amides is 1. The second-order valence-corrected chi connectivity index (χ2v) is 4.11. The zero-order chi connectivity index (χ0) is 10.9. The monoisotopic (exact) mass is 214 g/mol. The highest BCUT2D eigenvalue weighted by Crippen LogP contribution is 2.27. The standard InChI is InChI=1S/C11H22N2O2/c12-5-7-15-8-6-13-11(14)9-10-3-1-2-4-10/h10H,1-9,12H2,(H,13,14). The minimum Gasteiger partial charge on any atom is -0.378 e. The van der Waals surface area contributed by atoms with Gasteiger partial charge in [0.1, 0.15) is 0 Å². The third kappa shape index (κ3) is 5.74. The molecule has 0 saturated heterocycles. The Bertz CT molecular complexity index is 179. The van der Waals surface area contributed by atoms with Gasteiger partial charge in [-0.05, 0) is 18.8 Å². The summed E-state index contributed by atoms with van der Waals surface area (Å²) in [4.78, 5) is 11.4. The lowest BCUT2D eigenvalue weighted by atomic mass is 10.0.